The molecule has 0 atom stereocenters. The molecule has 0 spiro atoms. The Morgan fingerprint density at radius 2 is 2.05 bits per heavy atom. The van der Waals surface area contributed by atoms with Gasteiger partial charge in [-0.1, -0.05) is 13.0 Å². The summed E-state index contributed by atoms with van der Waals surface area (Å²) >= 11 is 3.57. The number of amides is 1. The summed E-state index contributed by atoms with van der Waals surface area (Å²) in [7, 11) is 1.92. The van der Waals surface area contributed by atoms with Crippen LogP contribution in [0.2, 0.25) is 0 Å². The van der Waals surface area contributed by atoms with Gasteiger partial charge in [0.2, 0.25) is 5.91 Å². The first-order valence-corrected chi connectivity index (χ1v) is 7.34. The maximum absolute atomic E-state index is 11.6. The Kier molecular flexibility index (Phi) is 6.87. The number of halogens is 1. The van der Waals surface area contributed by atoms with Gasteiger partial charge in [0.05, 0.1) is 12.2 Å². The SMILES string of the molecule is CCNCc1ccc(N(C)CC(=O)NCC)c(Br)c1. The molecule has 0 aromatic heterocycles. The molecule has 0 unspecified atom stereocenters. The van der Waals surface area contributed by atoms with E-state index in [1.807, 2.05) is 24.9 Å². The lowest BCUT2D eigenvalue weighted by Crippen LogP contribution is -2.35. The third-order valence-corrected chi connectivity index (χ3v) is 3.39. The van der Waals surface area contributed by atoms with E-state index in [4.69, 9.17) is 0 Å². The van der Waals surface area contributed by atoms with Gasteiger partial charge in [-0.25, -0.2) is 0 Å². The summed E-state index contributed by atoms with van der Waals surface area (Å²) < 4.78 is 1.01. The average Bonchev–Trinajstić information content (AvgIpc) is 2.36. The van der Waals surface area contributed by atoms with Gasteiger partial charge in [-0.2, -0.15) is 0 Å². The molecule has 4 nitrogen and oxygen atoms in total. The standard InChI is InChI=1S/C14H22BrN3O/c1-4-16-9-11-6-7-13(12(15)8-11)18(3)10-14(19)17-5-2/h6-8,16H,4-5,9-10H2,1-3H3,(H,17,19). The third kappa shape index (κ3) is 5.20. The van der Waals surface area contributed by atoms with Crippen molar-refractivity contribution in [1.82, 2.24) is 10.6 Å². The number of nitrogens with zero attached hydrogens (tertiary/aromatic N) is 1. The topological polar surface area (TPSA) is 44.4 Å². The number of rotatable bonds is 7. The van der Waals surface area contributed by atoms with Crippen molar-refractivity contribution in [2.24, 2.45) is 0 Å². The van der Waals surface area contributed by atoms with E-state index in [0.717, 1.165) is 23.2 Å². The van der Waals surface area contributed by atoms with Crippen LogP contribution in [0.5, 0.6) is 0 Å². The Hall–Kier alpha value is -1.07. The molecule has 0 saturated carbocycles. The summed E-state index contributed by atoms with van der Waals surface area (Å²) in [5.41, 5.74) is 2.25. The highest BCUT2D eigenvalue weighted by Crippen LogP contribution is 2.26. The first-order chi connectivity index (χ1) is 9.08. The van der Waals surface area contributed by atoms with Crippen LogP contribution in [0.15, 0.2) is 22.7 Å². The number of hydrogen-bond donors (Lipinski definition) is 2. The molecule has 0 aliphatic rings. The van der Waals surface area contributed by atoms with Gasteiger partial charge in [-0.3, -0.25) is 4.79 Å². The predicted octanol–water partition coefficient (Wildman–Crippen LogP) is 2.13. The third-order valence-electron chi connectivity index (χ3n) is 2.76. The van der Waals surface area contributed by atoms with E-state index >= 15 is 0 Å². The fraction of sp³-hybridized carbons (Fsp3) is 0.500. The molecule has 0 aliphatic heterocycles. The Balaban J connectivity index is 2.69. The van der Waals surface area contributed by atoms with Gasteiger partial charge in [0.25, 0.3) is 0 Å². The molecule has 0 bridgehead atoms. The van der Waals surface area contributed by atoms with Crippen molar-refractivity contribution in [1.29, 1.82) is 0 Å². The summed E-state index contributed by atoms with van der Waals surface area (Å²) in [4.78, 5) is 13.5. The molecule has 2 N–H and O–H groups in total. The zero-order valence-electron chi connectivity index (χ0n) is 11.8. The van der Waals surface area contributed by atoms with E-state index in [-0.39, 0.29) is 5.91 Å². The lowest BCUT2D eigenvalue weighted by Gasteiger charge is -2.20. The number of benzene rings is 1. The number of nitrogens with one attached hydrogen (secondary N) is 2. The van der Waals surface area contributed by atoms with Crippen molar-refractivity contribution in [3.63, 3.8) is 0 Å². The van der Waals surface area contributed by atoms with E-state index in [1.54, 1.807) is 0 Å². The first kappa shape index (κ1) is 16.0. The van der Waals surface area contributed by atoms with Crippen LogP contribution in [-0.2, 0) is 11.3 Å². The van der Waals surface area contributed by atoms with E-state index < -0.39 is 0 Å². The monoisotopic (exact) mass is 327 g/mol. The van der Waals surface area contributed by atoms with Crippen molar-refractivity contribution in [2.45, 2.75) is 20.4 Å². The fourth-order valence-corrected chi connectivity index (χ4v) is 2.52. The van der Waals surface area contributed by atoms with E-state index in [1.165, 1.54) is 5.56 Å². The van der Waals surface area contributed by atoms with Crippen molar-refractivity contribution >= 4 is 27.5 Å². The predicted molar refractivity (Wildman–Crippen MR) is 83.5 cm³/mol. The van der Waals surface area contributed by atoms with Crippen LogP contribution in [-0.4, -0.2) is 32.6 Å². The van der Waals surface area contributed by atoms with Gasteiger partial charge in [0, 0.05) is 24.6 Å². The first-order valence-electron chi connectivity index (χ1n) is 6.55. The Bertz CT molecular complexity index is 423. The normalized spacial score (nSPS) is 10.3. The second-order valence-electron chi connectivity index (χ2n) is 4.38. The van der Waals surface area contributed by atoms with E-state index in [9.17, 15) is 4.79 Å². The van der Waals surface area contributed by atoms with Crippen LogP contribution in [0.4, 0.5) is 5.69 Å². The van der Waals surface area contributed by atoms with Crippen LogP contribution in [0.3, 0.4) is 0 Å². The van der Waals surface area contributed by atoms with Crippen molar-refractivity contribution in [2.75, 3.05) is 31.6 Å². The molecule has 19 heavy (non-hydrogen) atoms. The Morgan fingerprint density at radius 3 is 2.63 bits per heavy atom. The Labute approximate surface area is 123 Å². The minimum absolute atomic E-state index is 0.0358. The van der Waals surface area contributed by atoms with Gasteiger partial charge >= 0.3 is 0 Å². The largest absolute Gasteiger partial charge is 0.364 e. The summed E-state index contributed by atoms with van der Waals surface area (Å²) in [6, 6.07) is 6.21. The van der Waals surface area contributed by atoms with Gasteiger partial charge in [-0.15, -0.1) is 0 Å². The zero-order valence-corrected chi connectivity index (χ0v) is 13.4. The quantitative estimate of drug-likeness (QED) is 0.806. The molecule has 1 rings (SSSR count). The highest BCUT2D eigenvalue weighted by Gasteiger charge is 2.10. The molecule has 0 aliphatic carbocycles. The molecule has 0 saturated heterocycles. The van der Waals surface area contributed by atoms with Crippen molar-refractivity contribution in [3.8, 4) is 0 Å². The van der Waals surface area contributed by atoms with Crippen LogP contribution in [0.25, 0.3) is 0 Å². The maximum Gasteiger partial charge on any atom is 0.239 e. The summed E-state index contributed by atoms with van der Waals surface area (Å²) in [5.74, 6) is 0.0358. The molecular weight excluding hydrogens is 306 g/mol. The number of carbonyl (C=O) groups excluding carboxylic acids is 1. The number of likely N-dealkylation sites (N-methyl/N-ethyl adjacent to an activating group) is 2. The summed E-state index contributed by atoms with van der Waals surface area (Å²) in [6.07, 6.45) is 0. The molecule has 1 amide bonds. The molecule has 106 valence electrons. The smallest absolute Gasteiger partial charge is 0.239 e. The summed E-state index contributed by atoms with van der Waals surface area (Å²) in [6.45, 7) is 6.84. The van der Waals surface area contributed by atoms with Crippen LogP contribution < -0.4 is 15.5 Å². The fourth-order valence-electron chi connectivity index (χ4n) is 1.79. The number of hydrogen-bond acceptors (Lipinski definition) is 3. The second-order valence-corrected chi connectivity index (χ2v) is 5.23. The average molecular weight is 328 g/mol. The van der Waals surface area contributed by atoms with Crippen LogP contribution in [0.1, 0.15) is 19.4 Å². The molecular formula is C14H22BrN3O. The van der Waals surface area contributed by atoms with Gasteiger partial charge in [0.15, 0.2) is 0 Å². The minimum Gasteiger partial charge on any atom is -0.364 e. The number of anilines is 1. The minimum atomic E-state index is 0.0358. The highest BCUT2D eigenvalue weighted by molar-refractivity contribution is 9.10. The molecule has 0 fully saturated rings. The number of carbonyl (C=O) groups is 1. The second kappa shape index (κ2) is 8.17. The molecule has 1 aromatic rings. The highest BCUT2D eigenvalue weighted by atomic mass is 79.9. The maximum atomic E-state index is 11.6. The lowest BCUT2D eigenvalue weighted by molar-refractivity contribution is -0.119. The molecule has 0 heterocycles. The van der Waals surface area contributed by atoms with Gasteiger partial charge in [0.1, 0.15) is 0 Å². The van der Waals surface area contributed by atoms with Gasteiger partial charge < -0.3 is 15.5 Å². The van der Waals surface area contributed by atoms with E-state index in [0.29, 0.717) is 13.1 Å². The summed E-state index contributed by atoms with van der Waals surface area (Å²) in [5, 5.41) is 6.09. The molecule has 1 aromatic carbocycles. The lowest BCUT2D eigenvalue weighted by atomic mass is 10.2. The molecule has 0 radical (unpaired) electrons. The van der Waals surface area contributed by atoms with Crippen molar-refractivity contribution < 1.29 is 4.79 Å². The van der Waals surface area contributed by atoms with Crippen LogP contribution in [0, 0.1) is 0 Å². The molecule has 5 heteroatoms. The van der Waals surface area contributed by atoms with E-state index in [2.05, 4.69) is 45.6 Å². The Morgan fingerprint density at radius 1 is 1.32 bits per heavy atom. The van der Waals surface area contributed by atoms with Crippen molar-refractivity contribution in [3.05, 3.63) is 28.2 Å². The van der Waals surface area contributed by atoms with Crippen LogP contribution >= 0.6 is 15.9 Å². The zero-order chi connectivity index (χ0) is 14.3. The van der Waals surface area contributed by atoms with Gasteiger partial charge in [-0.05, 0) is 47.1 Å².